The van der Waals surface area contributed by atoms with E-state index in [1.165, 1.54) is 6.42 Å². The summed E-state index contributed by atoms with van der Waals surface area (Å²) >= 11 is 0. The minimum Gasteiger partial charge on any atom is -0.382 e. The molecular weight excluding hydrogens is 162 g/mol. The topological polar surface area (TPSA) is 21.3 Å². The average Bonchev–Trinajstić information content (AvgIpc) is 2.14. The van der Waals surface area contributed by atoms with Gasteiger partial charge in [-0.1, -0.05) is 13.8 Å². The maximum atomic E-state index is 5.33. The molecule has 0 spiro atoms. The fraction of sp³-hybridized carbons (Fsp3) is 1.00. The molecule has 0 aromatic heterocycles. The van der Waals surface area contributed by atoms with Crippen LogP contribution < -0.4 is 5.32 Å². The Morgan fingerprint density at radius 1 is 1.23 bits per heavy atom. The normalized spacial score (nSPS) is 15.7. The highest BCUT2D eigenvalue weighted by molar-refractivity contribution is 4.67. The molecule has 0 saturated heterocycles. The molecule has 2 nitrogen and oxygen atoms in total. The maximum Gasteiger partial charge on any atom is 0.0469 e. The van der Waals surface area contributed by atoms with Crippen LogP contribution in [0.3, 0.4) is 0 Å². The summed E-state index contributed by atoms with van der Waals surface area (Å²) in [6, 6.07) is 0.611. The van der Waals surface area contributed by atoms with Crippen molar-refractivity contribution in [3.63, 3.8) is 0 Å². The Kier molecular flexibility index (Phi) is 8.46. The Hall–Kier alpha value is -0.0800. The molecule has 0 aliphatic rings. The molecule has 0 rings (SSSR count). The van der Waals surface area contributed by atoms with Crippen molar-refractivity contribution in [1.82, 2.24) is 5.32 Å². The molecular formula is C11H25NO. The van der Waals surface area contributed by atoms with Crippen molar-refractivity contribution >= 4 is 0 Å². The molecule has 0 fully saturated rings. The molecule has 0 heterocycles. The summed E-state index contributed by atoms with van der Waals surface area (Å²) in [5.74, 6) is 0.707. The van der Waals surface area contributed by atoms with Gasteiger partial charge in [0.25, 0.3) is 0 Å². The molecule has 1 N–H and O–H groups in total. The summed E-state index contributed by atoms with van der Waals surface area (Å²) in [7, 11) is 0. The van der Waals surface area contributed by atoms with E-state index >= 15 is 0 Å². The first kappa shape index (κ1) is 12.9. The lowest BCUT2D eigenvalue weighted by molar-refractivity contribution is 0.129. The molecule has 0 saturated carbocycles. The summed E-state index contributed by atoms with van der Waals surface area (Å²) in [5.41, 5.74) is 0. The lowest BCUT2D eigenvalue weighted by Gasteiger charge is -2.20. The van der Waals surface area contributed by atoms with E-state index in [0.717, 1.165) is 26.2 Å². The van der Waals surface area contributed by atoms with Crippen LogP contribution in [0, 0.1) is 5.92 Å². The van der Waals surface area contributed by atoms with Crippen molar-refractivity contribution in [2.24, 2.45) is 5.92 Å². The van der Waals surface area contributed by atoms with Crippen molar-refractivity contribution < 1.29 is 4.74 Å². The Balaban J connectivity index is 3.38. The third-order valence-electron chi connectivity index (χ3n) is 2.49. The fourth-order valence-corrected chi connectivity index (χ4v) is 1.24. The highest BCUT2D eigenvalue weighted by atomic mass is 16.5. The first-order valence-corrected chi connectivity index (χ1v) is 5.53. The van der Waals surface area contributed by atoms with E-state index in [0.29, 0.717) is 12.0 Å². The van der Waals surface area contributed by atoms with Gasteiger partial charge in [-0.15, -0.1) is 0 Å². The molecule has 0 aromatic rings. The Morgan fingerprint density at radius 3 is 2.46 bits per heavy atom. The molecule has 0 amide bonds. The number of ether oxygens (including phenoxy) is 1. The predicted molar refractivity (Wildman–Crippen MR) is 58.0 cm³/mol. The first-order valence-electron chi connectivity index (χ1n) is 5.53. The SMILES string of the molecule is CCCNC(C)C(C)CCOCC. The molecule has 0 bridgehead atoms. The minimum absolute atomic E-state index is 0.611. The van der Waals surface area contributed by atoms with Gasteiger partial charge in [0.05, 0.1) is 0 Å². The molecule has 2 unspecified atom stereocenters. The van der Waals surface area contributed by atoms with Gasteiger partial charge >= 0.3 is 0 Å². The van der Waals surface area contributed by atoms with Gasteiger partial charge in [0, 0.05) is 19.3 Å². The van der Waals surface area contributed by atoms with Gasteiger partial charge < -0.3 is 10.1 Å². The zero-order valence-corrected chi connectivity index (χ0v) is 9.60. The van der Waals surface area contributed by atoms with E-state index in [9.17, 15) is 0 Å². The summed E-state index contributed by atoms with van der Waals surface area (Å²) in [6.07, 6.45) is 2.37. The van der Waals surface area contributed by atoms with Crippen LogP contribution in [-0.2, 0) is 4.74 Å². The monoisotopic (exact) mass is 187 g/mol. The van der Waals surface area contributed by atoms with Gasteiger partial charge in [-0.2, -0.15) is 0 Å². The Morgan fingerprint density at radius 2 is 1.92 bits per heavy atom. The summed E-state index contributed by atoms with van der Waals surface area (Å²) < 4.78 is 5.33. The molecule has 13 heavy (non-hydrogen) atoms. The van der Waals surface area contributed by atoms with Crippen LogP contribution in [0.1, 0.15) is 40.5 Å². The van der Waals surface area contributed by atoms with E-state index in [-0.39, 0.29) is 0 Å². The molecule has 2 heteroatoms. The molecule has 0 aliphatic heterocycles. The zero-order valence-electron chi connectivity index (χ0n) is 9.60. The van der Waals surface area contributed by atoms with E-state index in [2.05, 4.69) is 26.1 Å². The van der Waals surface area contributed by atoms with Gasteiger partial charge in [0.2, 0.25) is 0 Å². The highest BCUT2D eigenvalue weighted by Crippen LogP contribution is 2.07. The summed E-state index contributed by atoms with van der Waals surface area (Å²) in [5, 5.41) is 3.50. The van der Waals surface area contributed by atoms with Crippen molar-refractivity contribution in [2.75, 3.05) is 19.8 Å². The van der Waals surface area contributed by atoms with E-state index in [4.69, 9.17) is 4.74 Å². The second kappa shape index (κ2) is 8.52. The maximum absolute atomic E-state index is 5.33. The molecule has 0 radical (unpaired) electrons. The molecule has 2 atom stereocenters. The third-order valence-corrected chi connectivity index (χ3v) is 2.49. The van der Waals surface area contributed by atoms with Crippen LogP contribution in [0.4, 0.5) is 0 Å². The number of hydrogen-bond acceptors (Lipinski definition) is 2. The Labute approximate surface area is 83.1 Å². The van der Waals surface area contributed by atoms with Crippen molar-refractivity contribution in [2.45, 2.75) is 46.6 Å². The van der Waals surface area contributed by atoms with Crippen molar-refractivity contribution in [3.05, 3.63) is 0 Å². The van der Waals surface area contributed by atoms with Gasteiger partial charge in [0.15, 0.2) is 0 Å². The standard InChI is InChI=1S/C11H25NO/c1-5-8-12-11(4)10(3)7-9-13-6-2/h10-12H,5-9H2,1-4H3. The van der Waals surface area contributed by atoms with Gasteiger partial charge in [-0.25, -0.2) is 0 Å². The minimum atomic E-state index is 0.611. The summed E-state index contributed by atoms with van der Waals surface area (Å²) in [6.45, 7) is 11.6. The smallest absolute Gasteiger partial charge is 0.0469 e. The van der Waals surface area contributed by atoms with Crippen LogP contribution in [0.25, 0.3) is 0 Å². The van der Waals surface area contributed by atoms with Crippen LogP contribution in [0.2, 0.25) is 0 Å². The first-order chi connectivity index (χ1) is 6.22. The average molecular weight is 187 g/mol. The summed E-state index contributed by atoms with van der Waals surface area (Å²) in [4.78, 5) is 0. The van der Waals surface area contributed by atoms with Crippen LogP contribution in [0.5, 0.6) is 0 Å². The van der Waals surface area contributed by atoms with Crippen LogP contribution in [0.15, 0.2) is 0 Å². The second-order valence-electron chi connectivity index (χ2n) is 3.71. The quantitative estimate of drug-likeness (QED) is 0.589. The van der Waals surface area contributed by atoms with Gasteiger partial charge in [-0.05, 0) is 39.2 Å². The second-order valence-corrected chi connectivity index (χ2v) is 3.71. The zero-order chi connectivity index (χ0) is 10.1. The van der Waals surface area contributed by atoms with E-state index < -0.39 is 0 Å². The lowest BCUT2D eigenvalue weighted by atomic mass is 10.0. The van der Waals surface area contributed by atoms with Crippen molar-refractivity contribution in [3.8, 4) is 0 Å². The number of hydrogen-bond donors (Lipinski definition) is 1. The predicted octanol–water partition coefficient (Wildman–Crippen LogP) is 2.44. The van der Waals surface area contributed by atoms with Crippen LogP contribution >= 0.6 is 0 Å². The van der Waals surface area contributed by atoms with E-state index in [1.54, 1.807) is 0 Å². The number of nitrogens with one attached hydrogen (secondary N) is 1. The molecule has 0 aromatic carbocycles. The fourth-order valence-electron chi connectivity index (χ4n) is 1.24. The highest BCUT2D eigenvalue weighted by Gasteiger charge is 2.10. The van der Waals surface area contributed by atoms with Crippen molar-refractivity contribution in [1.29, 1.82) is 0 Å². The van der Waals surface area contributed by atoms with Gasteiger partial charge in [0.1, 0.15) is 0 Å². The van der Waals surface area contributed by atoms with Gasteiger partial charge in [-0.3, -0.25) is 0 Å². The largest absolute Gasteiger partial charge is 0.382 e. The molecule has 80 valence electrons. The lowest BCUT2D eigenvalue weighted by Crippen LogP contribution is -2.33. The number of rotatable bonds is 8. The van der Waals surface area contributed by atoms with Crippen LogP contribution in [-0.4, -0.2) is 25.8 Å². The van der Waals surface area contributed by atoms with E-state index in [1.807, 2.05) is 6.92 Å². The molecule has 0 aliphatic carbocycles. The third kappa shape index (κ3) is 7.03. The Bertz CT molecular complexity index is 106.